The van der Waals surface area contributed by atoms with E-state index >= 15 is 0 Å². The van der Waals surface area contributed by atoms with Crippen LogP contribution < -0.4 is 10.5 Å². The van der Waals surface area contributed by atoms with Gasteiger partial charge in [-0.05, 0) is 60.8 Å². The number of hydrogen-bond donors (Lipinski definition) is 1. The fourth-order valence-corrected chi connectivity index (χ4v) is 5.16. The Bertz CT molecular complexity index is 1250. The maximum Gasteiger partial charge on any atom is 0.149 e. The van der Waals surface area contributed by atoms with Crippen LogP contribution in [0.5, 0.6) is 5.75 Å². The van der Waals surface area contributed by atoms with Gasteiger partial charge in [0.2, 0.25) is 0 Å². The Hall–Kier alpha value is -2.92. The first kappa shape index (κ1) is 22.9. The molecule has 1 aliphatic heterocycles. The van der Waals surface area contributed by atoms with E-state index in [9.17, 15) is 0 Å². The molecule has 4 aromatic rings. The zero-order chi connectivity index (χ0) is 23.3. The van der Waals surface area contributed by atoms with E-state index in [1.807, 2.05) is 36.4 Å². The molecule has 5 rings (SSSR count). The van der Waals surface area contributed by atoms with Crippen LogP contribution >= 0.6 is 11.6 Å². The molecular formula is C29H30ClN3O. The van der Waals surface area contributed by atoms with E-state index in [0.717, 1.165) is 34.3 Å². The summed E-state index contributed by atoms with van der Waals surface area (Å²) in [6.45, 7) is 4.22. The number of ether oxygens (including phenoxy) is 1. The third-order valence-corrected chi connectivity index (χ3v) is 6.93. The third-order valence-electron chi connectivity index (χ3n) is 6.62. The monoisotopic (exact) mass is 471 g/mol. The first-order valence-corrected chi connectivity index (χ1v) is 12.4. The minimum atomic E-state index is -0.0480. The van der Waals surface area contributed by atoms with Crippen LogP contribution in [0.1, 0.15) is 41.0 Å². The Balaban J connectivity index is 1.54. The maximum absolute atomic E-state index is 6.74. The van der Waals surface area contributed by atoms with E-state index in [4.69, 9.17) is 22.1 Å². The summed E-state index contributed by atoms with van der Waals surface area (Å²) in [6, 6.07) is 24.8. The zero-order valence-electron chi connectivity index (χ0n) is 19.3. The molecule has 0 bridgehead atoms. The second-order valence-electron chi connectivity index (χ2n) is 8.97. The van der Waals surface area contributed by atoms with E-state index in [-0.39, 0.29) is 5.92 Å². The van der Waals surface area contributed by atoms with Crippen molar-refractivity contribution in [3.05, 3.63) is 106 Å². The highest BCUT2D eigenvalue weighted by Gasteiger charge is 2.23. The van der Waals surface area contributed by atoms with Gasteiger partial charge in [0.25, 0.3) is 0 Å². The summed E-state index contributed by atoms with van der Waals surface area (Å²) in [5.74, 6) is 0.706. The number of nitrogens with two attached hydrogens (primary N) is 1. The van der Waals surface area contributed by atoms with Crippen molar-refractivity contribution < 1.29 is 4.74 Å². The highest BCUT2D eigenvalue weighted by Crippen LogP contribution is 2.40. The summed E-state index contributed by atoms with van der Waals surface area (Å²) in [6.07, 6.45) is 4.36. The van der Waals surface area contributed by atoms with Crippen LogP contribution in [0.2, 0.25) is 5.02 Å². The molecule has 174 valence electrons. The van der Waals surface area contributed by atoms with Gasteiger partial charge >= 0.3 is 0 Å². The molecule has 2 N–H and O–H groups in total. The van der Waals surface area contributed by atoms with E-state index in [1.165, 1.54) is 37.1 Å². The van der Waals surface area contributed by atoms with Crippen molar-refractivity contribution in [3.63, 3.8) is 0 Å². The van der Waals surface area contributed by atoms with Crippen molar-refractivity contribution in [2.75, 3.05) is 19.6 Å². The molecule has 3 aromatic carbocycles. The number of fused-ring (bicyclic) bond motifs is 1. The number of pyridine rings is 1. The largest absolute Gasteiger partial charge is 0.486 e. The number of aromatic nitrogens is 1. The predicted molar refractivity (Wildman–Crippen MR) is 139 cm³/mol. The highest BCUT2D eigenvalue weighted by atomic mass is 35.5. The van der Waals surface area contributed by atoms with Gasteiger partial charge in [0.1, 0.15) is 17.9 Å². The van der Waals surface area contributed by atoms with Crippen molar-refractivity contribution in [2.45, 2.75) is 31.9 Å². The van der Waals surface area contributed by atoms with Crippen molar-refractivity contribution >= 4 is 22.5 Å². The number of hydrogen-bond acceptors (Lipinski definition) is 4. The van der Waals surface area contributed by atoms with Crippen LogP contribution in [0, 0.1) is 0 Å². The molecule has 0 radical (unpaired) electrons. The van der Waals surface area contributed by atoms with Gasteiger partial charge < -0.3 is 10.5 Å². The summed E-state index contributed by atoms with van der Waals surface area (Å²) >= 11 is 6.74. The van der Waals surface area contributed by atoms with Gasteiger partial charge in [0.15, 0.2) is 0 Å². The van der Waals surface area contributed by atoms with Gasteiger partial charge in [-0.3, -0.25) is 9.88 Å². The minimum absolute atomic E-state index is 0.0480. The normalized spacial score (nSPS) is 15.0. The minimum Gasteiger partial charge on any atom is -0.486 e. The number of rotatable bonds is 8. The zero-order valence-corrected chi connectivity index (χ0v) is 20.0. The Morgan fingerprint density at radius 3 is 2.53 bits per heavy atom. The summed E-state index contributed by atoms with van der Waals surface area (Å²) < 4.78 is 6.45. The van der Waals surface area contributed by atoms with Crippen LogP contribution in [0.15, 0.2) is 79.0 Å². The molecule has 2 heterocycles. The number of benzene rings is 3. The second kappa shape index (κ2) is 10.6. The molecule has 1 atom stereocenters. The molecule has 0 aliphatic carbocycles. The Morgan fingerprint density at radius 2 is 1.74 bits per heavy atom. The van der Waals surface area contributed by atoms with E-state index < -0.39 is 0 Å². The first-order valence-electron chi connectivity index (χ1n) is 12.0. The Kier molecular flexibility index (Phi) is 7.10. The molecule has 4 nitrogen and oxygen atoms in total. The standard InChI is InChI=1S/C29H30ClN3O/c30-27-17-25(26(18-31)23-11-6-10-22(16-23)19-33-14-4-5-15-33)29(28-24(27)12-7-13-32-28)34-20-21-8-2-1-3-9-21/h1-3,6-13,16-17,26H,4-5,14-15,18-20,31H2. The molecule has 1 unspecified atom stereocenters. The molecule has 0 spiro atoms. The van der Waals surface area contributed by atoms with Crippen LogP contribution in [0.3, 0.4) is 0 Å². The summed E-state index contributed by atoms with van der Waals surface area (Å²) in [5.41, 5.74) is 11.7. The lowest BCUT2D eigenvalue weighted by molar-refractivity contribution is 0.305. The predicted octanol–water partition coefficient (Wildman–Crippen LogP) is 6.15. The lowest BCUT2D eigenvalue weighted by Gasteiger charge is -2.23. The van der Waals surface area contributed by atoms with E-state index in [1.54, 1.807) is 6.20 Å². The molecule has 1 fully saturated rings. The molecule has 1 aromatic heterocycles. The van der Waals surface area contributed by atoms with Crippen molar-refractivity contribution in [3.8, 4) is 5.75 Å². The van der Waals surface area contributed by atoms with Crippen molar-refractivity contribution in [2.24, 2.45) is 5.73 Å². The molecule has 0 saturated carbocycles. The van der Waals surface area contributed by atoms with Crippen LogP contribution in [-0.4, -0.2) is 29.5 Å². The highest BCUT2D eigenvalue weighted by molar-refractivity contribution is 6.35. The van der Waals surface area contributed by atoms with Gasteiger partial charge in [-0.15, -0.1) is 0 Å². The van der Waals surface area contributed by atoms with Crippen molar-refractivity contribution in [1.82, 2.24) is 9.88 Å². The lowest BCUT2D eigenvalue weighted by Crippen LogP contribution is -2.19. The average Bonchev–Trinajstić information content (AvgIpc) is 3.38. The van der Waals surface area contributed by atoms with Gasteiger partial charge in [0, 0.05) is 36.2 Å². The quantitative estimate of drug-likeness (QED) is 0.334. The molecule has 1 saturated heterocycles. The van der Waals surface area contributed by atoms with Crippen molar-refractivity contribution in [1.29, 1.82) is 0 Å². The second-order valence-corrected chi connectivity index (χ2v) is 9.37. The lowest BCUT2D eigenvalue weighted by atomic mass is 9.88. The van der Waals surface area contributed by atoms with Gasteiger partial charge in [-0.1, -0.05) is 66.2 Å². The number of likely N-dealkylation sites (tertiary alicyclic amines) is 1. The number of halogens is 1. The Morgan fingerprint density at radius 1 is 0.941 bits per heavy atom. The third kappa shape index (κ3) is 4.95. The van der Waals surface area contributed by atoms with E-state index in [2.05, 4.69) is 46.3 Å². The SMILES string of the molecule is NCC(c1cccc(CN2CCCC2)c1)c1cc(Cl)c2cccnc2c1OCc1ccccc1. The topological polar surface area (TPSA) is 51.4 Å². The fourth-order valence-electron chi connectivity index (χ4n) is 4.89. The molecule has 34 heavy (non-hydrogen) atoms. The fraction of sp³-hybridized carbons (Fsp3) is 0.276. The van der Waals surface area contributed by atoms with Crippen LogP contribution in [-0.2, 0) is 13.2 Å². The molecule has 0 amide bonds. The average molecular weight is 472 g/mol. The maximum atomic E-state index is 6.74. The van der Waals surface area contributed by atoms with Crippen LogP contribution in [0.25, 0.3) is 10.9 Å². The number of nitrogens with zero attached hydrogens (tertiary/aromatic N) is 2. The Labute approximate surface area is 206 Å². The van der Waals surface area contributed by atoms with E-state index in [0.29, 0.717) is 18.2 Å². The smallest absolute Gasteiger partial charge is 0.149 e. The summed E-state index contributed by atoms with van der Waals surface area (Å²) in [4.78, 5) is 7.17. The van der Waals surface area contributed by atoms with Gasteiger partial charge in [0.05, 0.1) is 5.02 Å². The first-order chi connectivity index (χ1) is 16.7. The molecule has 1 aliphatic rings. The molecule has 5 heteroatoms. The summed E-state index contributed by atoms with van der Waals surface area (Å²) in [5, 5.41) is 1.55. The summed E-state index contributed by atoms with van der Waals surface area (Å²) in [7, 11) is 0. The van der Waals surface area contributed by atoms with Gasteiger partial charge in [-0.2, -0.15) is 0 Å². The molecular weight excluding hydrogens is 442 g/mol. The van der Waals surface area contributed by atoms with Gasteiger partial charge in [-0.25, -0.2) is 0 Å². The van der Waals surface area contributed by atoms with Crippen LogP contribution in [0.4, 0.5) is 0 Å².